The van der Waals surface area contributed by atoms with Gasteiger partial charge in [0.25, 0.3) is 0 Å². The second-order valence-electron chi connectivity index (χ2n) is 9.03. The molecule has 9 nitrogen and oxygen atoms in total. The molecule has 0 aliphatic rings. The molecule has 0 aromatic rings. The van der Waals surface area contributed by atoms with Crippen LogP contribution in [0.3, 0.4) is 0 Å². The number of carbonyl (C=O) groups excluding carboxylic acids is 2. The number of hydrogen-bond acceptors (Lipinski definition) is 7. The Morgan fingerprint density at radius 3 is 1.89 bits per heavy atom. The summed E-state index contributed by atoms with van der Waals surface area (Å²) in [5.41, 5.74) is 0. The van der Waals surface area contributed by atoms with Crippen LogP contribution in [0.15, 0.2) is 0 Å². The molecule has 0 heterocycles. The Bertz CT molecular complexity index is 576. The molecule has 2 unspecified atom stereocenters. The molecule has 0 saturated heterocycles. The molecule has 0 bridgehead atoms. The van der Waals surface area contributed by atoms with Crippen molar-refractivity contribution in [1.82, 2.24) is 5.32 Å². The number of aliphatic hydroxyl groups excluding tert-OH is 1. The second kappa shape index (κ2) is 23.4. The molecule has 3 N–H and O–H groups in total. The summed E-state index contributed by atoms with van der Waals surface area (Å²) in [6.45, 7) is 3.31. The summed E-state index contributed by atoms with van der Waals surface area (Å²) >= 11 is 0. The fraction of sp³-hybridized carbons (Fsp3) is 0.920. The van der Waals surface area contributed by atoms with E-state index in [2.05, 4.69) is 12.2 Å². The molecule has 10 heteroatoms. The zero-order valence-corrected chi connectivity index (χ0v) is 22.9. The van der Waals surface area contributed by atoms with Gasteiger partial charge in [0.15, 0.2) is 0 Å². The van der Waals surface area contributed by atoms with Crippen LogP contribution < -0.4 is 5.32 Å². The Morgan fingerprint density at radius 2 is 1.29 bits per heavy atom. The smallest absolute Gasteiger partial charge is 0.463 e. The van der Waals surface area contributed by atoms with Gasteiger partial charge in [0, 0.05) is 19.4 Å². The van der Waals surface area contributed by atoms with Crippen LogP contribution in [0, 0.1) is 0 Å². The number of nitrogens with one attached hydrogen (secondary N) is 1. The van der Waals surface area contributed by atoms with E-state index in [1.165, 1.54) is 51.4 Å². The third-order valence-electron chi connectivity index (χ3n) is 5.54. The van der Waals surface area contributed by atoms with Crippen molar-refractivity contribution in [3.63, 3.8) is 0 Å². The highest BCUT2D eigenvalue weighted by atomic mass is 31.2. The predicted octanol–water partition coefficient (Wildman–Crippen LogP) is 5.42. The van der Waals surface area contributed by atoms with E-state index in [1.807, 2.05) is 6.92 Å². The molecule has 0 aliphatic carbocycles. The van der Waals surface area contributed by atoms with Gasteiger partial charge in [-0.1, -0.05) is 90.9 Å². The van der Waals surface area contributed by atoms with Crippen molar-refractivity contribution in [1.29, 1.82) is 0 Å². The molecule has 0 aromatic heterocycles. The molecular formula is C25H50NO8P. The second-order valence-corrected chi connectivity index (χ2v) is 10.5. The monoisotopic (exact) mass is 523 g/mol. The third-order valence-corrected chi connectivity index (χ3v) is 6.52. The van der Waals surface area contributed by atoms with Crippen molar-refractivity contribution in [2.45, 2.75) is 123 Å². The summed E-state index contributed by atoms with van der Waals surface area (Å²) in [4.78, 5) is 33.0. The van der Waals surface area contributed by atoms with Crippen LogP contribution in [0.1, 0.15) is 117 Å². The maximum Gasteiger partial charge on any atom is 0.472 e. The minimum Gasteiger partial charge on any atom is -0.463 e. The van der Waals surface area contributed by atoms with Crippen molar-refractivity contribution in [2.24, 2.45) is 0 Å². The topological polar surface area (TPSA) is 131 Å². The van der Waals surface area contributed by atoms with Gasteiger partial charge in [0.2, 0.25) is 5.91 Å². The molecule has 0 radical (unpaired) electrons. The van der Waals surface area contributed by atoms with Gasteiger partial charge in [-0.3, -0.25) is 18.6 Å². The molecule has 208 valence electrons. The number of aliphatic hydroxyl groups is 1. The Morgan fingerprint density at radius 1 is 0.771 bits per heavy atom. The lowest BCUT2D eigenvalue weighted by atomic mass is 10.1. The quantitative estimate of drug-likeness (QED) is 0.0821. The summed E-state index contributed by atoms with van der Waals surface area (Å²) in [5.74, 6) is -0.542. The Labute approximate surface area is 212 Å². The maximum absolute atomic E-state index is 11.8. The lowest BCUT2D eigenvalue weighted by molar-refractivity contribution is -0.147. The van der Waals surface area contributed by atoms with Crippen LogP contribution >= 0.6 is 7.82 Å². The van der Waals surface area contributed by atoms with Crippen molar-refractivity contribution in [2.75, 3.05) is 26.4 Å². The molecular weight excluding hydrogens is 473 g/mol. The van der Waals surface area contributed by atoms with Gasteiger partial charge in [0.05, 0.1) is 13.2 Å². The molecule has 0 aliphatic heterocycles. The van der Waals surface area contributed by atoms with E-state index in [4.69, 9.17) is 13.8 Å². The van der Waals surface area contributed by atoms with Gasteiger partial charge in [-0.25, -0.2) is 4.57 Å². The van der Waals surface area contributed by atoms with Gasteiger partial charge in [-0.05, 0) is 12.8 Å². The summed E-state index contributed by atoms with van der Waals surface area (Å²) in [6.07, 6.45) is 15.5. The zero-order chi connectivity index (χ0) is 26.2. The van der Waals surface area contributed by atoms with Crippen LogP contribution in [0.25, 0.3) is 0 Å². The molecule has 1 amide bonds. The van der Waals surface area contributed by atoms with Crippen LogP contribution in [0.5, 0.6) is 0 Å². The predicted molar refractivity (Wildman–Crippen MR) is 137 cm³/mol. The first-order valence-electron chi connectivity index (χ1n) is 13.5. The fourth-order valence-corrected chi connectivity index (χ4v) is 4.19. The maximum atomic E-state index is 11.8. The molecule has 0 fully saturated rings. The highest BCUT2D eigenvalue weighted by molar-refractivity contribution is 7.47. The SMILES string of the molecule is CCCCCCCCCCCCCC(=O)NCCOP(=O)(O)OCC(O)COC(=O)CCCCC. The number of phosphoric ester groups is 1. The lowest BCUT2D eigenvalue weighted by Gasteiger charge is -2.15. The van der Waals surface area contributed by atoms with E-state index in [0.717, 1.165) is 38.5 Å². The van der Waals surface area contributed by atoms with E-state index in [9.17, 15) is 24.2 Å². The number of amides is 1. The van der Waals surface area contributed by atoms with E-state index in [0.29, 0.717) is 6.42 Å². The highest BCUT2D eigenvalue weighted by Crippen LogP contribution is 2.42. The summed E-state index contributed by atoms with van der Waals surface area (Å²) in [7, 11) is -4.38. The van der Waals surface area contributed by atoms with Gasteiger partial charge in [-0.15, -0.1) is 0 Å². The summed E-state index contributed by atoms with van der Waals surface area (Å²) in [5, 5.41) is 12.4. The molecule has 0 saturated carbocycles. The highest BCUT2D eigenvalue weighted by Gasteiger charge is 2.23. The summed E-state index contributed by atoms with van der Waals surface area (Å²) in [6, 6.07) is 0. The number of unbranched alkanes of at least 4 members (excludes halogenated alkanes) is 12. The van der Waals surface area contributed by atoms with Crippen molar-refractivity contribution < 1.29 is 37.9 Å². The van der Waals surface area contributed by atoms with Gasteiger partial charge < -0.3 is 20.1 Å². The first-order valence-corrected chi connectivity index (χ1v) is 15.0. The first kappa shape index (κ1) is 34.0. The number of esters is 1. The average Bonchev–Trinajstić information content (AvgIpc) is 2.83. The molecule has 0 aromatic carbocycles. The number of ether oxygens (including phenoxy) is 1. The van der Waals surface area contributed by atoms with Gasteiger partial charge in [-0.2, -0.15) is 0 Å². The van der Waals surface area contributed by atoms with Crippen molar-refractivity contribution in [3.05, 3.63) is 0 Å². The third kappa shape index (κ3) is 24.5. The van der Waals surface area contributed by atoms with E-state index in [-0.39, 0.29) is 32.1 Å². The number of rotatable bonds is 25. The normalized spacial score (nSPS) is 13.8. The van der Waals surface area contributed by atoms with Crippen molar-refractivity contribution in [3.8, 4) is 0 Å². The van der Waals surface area contributed by atoms with Crippen LogP contribution in [0.4, 0.5) is 0 Å². The fourth-order valence-electron chi connectivity index (χ4n) is 3.44. The Kier molecular flexibility index (Phi) is 22.7. The van der Waals surface area contributed by atoms with E-state index < -0.39 is 26.5 Å². The van der Waals surface area contributed by atoms with Crippen molar-refractivity contribution >= 4 is 19.7 Å². The molecule has 0 rings (SSSR count). The number of hydrogen-bond donors (Lipinski definition) is 3. The van der Waals surface area contributed by atoms with E-state index >= 15 is 0 Å². The number of phosphoric acid groups is 1. The lowest BCUT2D eigenvalue weighted by Crippen LogP contribution is -2.27. The van der Waals surface area contributed by atoms with E-state index in [1.54, 1.807) is 0 Å². The minimum absolute atomic E-state index is 0.0860. The molecule has 0 spiro atoms. The van der Waals surface area contributed by atoms with Gasteiger partial charge >= 0.3 is 13.8 Å². The first-order chi connectivity index (χ1) is 16.8. The molecule has 35 heavy (non-hydrogen) atoms. The molecule has 2 atom stereocenters. The minimum atomic E-state index is -4.38. The average molecular weight is 524 g/mol. The standard InChI is InChI=1S/C25H50NO8P/c1-3-5-7-8-9-10-11-12-13-14-16-17-24(28)26-19-20-33-35(30,31)34-22-23(27)21-32-25(29)18-15-6-4-2/h23,27H,3-22H2,1-2H3,(H,26,28)(H,30,31). The van der Waals surface area contributed by atoms with Crippen LogP contribution in [-0.4, -0.2) is 54.3 Å². The Balaban J connectivity index is 3.64. The number of carbonyl (C=O) groups is 2. The van der Waals surface area contributed by atoms with Crippen LogP contribution in [-0.2, 0) is 27.9 Å². The summed E-state index contributed by atoms with van der Waals surface area (Å²) < 4.78 is 26.2. The van der Waals surface area contributed by atoms with Gasteiger partial charge in [0.1, 0.15) is 12.7 Å². The van der Waals surface area contributed by atoms with Crippen LogP contribution in [0.2, 0.25) is 0 Å². The zero-order valence-electron chi connectivity index (χ0n) is 22.0. The Hall–Kier alpha value is -0.990. The largest absolute Gasteiger partial charge is 0.472 e.